The number of hydrogen-bond donors (Lipinski definition) is 0. The number of rotatable bonds is 2. The summed E-state index contributed by atoms with van der Waals surface area (Å²) in [4.78, 5) is 12.4. The standard InChI is InChI=1S/C13H20N2O/c1-9-12(10(2)15(3)14-9)13(16)11-7-5-4-6-8-11/h11H,4-8H2,1-3H3. The average Bonchev–Trinajstić information content (AvgIpc) is 2.54. The van der Waals surface area contributed by atoms with E-state index in [0.29, 0.717) is 5.78 Å². The van der Waals surface area contributed by atoms with Gasteiger partial charge in [-0.1, -0.05) is 19.3 Å². The Balaban J connectivity index is 2.25. The molecule has 3 heteroatoms. The highest BCUT2D eigenvalue weighted by atomic mass is 16.1. The van der Waals surface area contributed by atoms with Gasteiger partial charge in [0, 0.05) is 18.7 Å². The molecule has 88 valence electrons. The zero-order chi connectivity index (χ0) is 11.7. The van der Waals surface area contributed by atoms with Crippen LogP contribution in [0.15, 0.2) is 0 Å². The van der Waals surface area contributed by atoms with E-state index in [1.165, 1.54) is 19.3 Å². The van der Waals surface area contributed by atoms with Gasteiger partial charge < -0.3 is 0 Å². The van der Waals surface area contributed by atoms with Crippen LogP contribution in [0.5, 0.6) is 0 Å². The predicted octanol–water partition coefficient (Wildman–Crippen LogP) is 2.80. The van der Waals surface area contributed by atoms with Crippen LogP contribution in [0.4, 0.5) is 0 Å². The van der Waals surface area contributed by atoms with Gasteiger partial charge in [0.1, 0.15) is 0 Å². The monoisotopic (exact) mass is 220 g/mol. The Morgan fingerprint density at radius 1 is 1.25 bits per heavy atom. The van der Waals surface area contributed by atoms with E-state index >= 15 is 0 Å². The Bertz CT molecular complexity index is 400. The van der Waals surface area contributed by atoms with Gasteiger partial charge in [-0.2, -0.15) is 5.10 Å². The van der Waals surface area contributed by atoms with Crippen LogP contribution in [0.1, 0.15) is 53.8 Å². The highest BCUT2D eigenvalue weighted by Crippen LogP contribution is 2.28. The SMILES string of the molecule is Cc1nn(C)c(C)c1C(=O)C1CCCCC1. The second kappa shape index (κ2) is 4.40. The number of aromatic nitrogens is 2. The molecule has 3 nitrogen and oxygen atoms in total. The van der Waals surface area contributed by atoms with E-state index in [-0.39, 0.29) is 5.92 Å². The van der Waals surface area contributed by atoms with Crippen LogP contribution in [0.3, 0.4) is 0 Å². The number of hydrogen-bond acceptors (Lipinski definition) is 2. The van der Waals surface area contributed by atoms with E-state index in [4.69, 9.17) is 0 Å². The molecular weight excluding hydrogens is 200 g/mol. The molecule has 1 aliphatic rings. The Hall–Kier alpha value is -1.12. The summed E-state index contributed by atoms with van der Waals surface area (Å²) in [5.74, 6) is 0.568. The molecule has 16 heavy (non-hydrogen) atoms. The zero-order valence-corrected chi connectivity index (χ0v) is 10.4. The Morgan fingerprint density at radius 3 is 2.38 bits per heavy atom. The number of carbonyl (C=O) groups excluding carboxylic acids is 1. The van der Waals surface area contributed by atoms with E-state index in [2.05, 4.69) is 5.10 Å². The lowest BCUT2D eigenvalue weighted by molar-refractivity contribution is 0.0888. The van der Waals surface area contributed by atoms with Crippen LogP contribution < -0.4 is 0 Å². The molecule has 0 aromatic carbocycles. The maximum Gasteiger partial charge on any atom is 0.169 e. The van der Waals surface area contributed by atoms with Crippen LogP contribution in [0.25, 0.3) is 0 Å². The second-order valence-corrected chi connectivity index (χ2v) is 4.87. The van der Waals surface area contributed by atoms with Crippen LogP contribution in [-0.2, 0) is 7.05 Å². The molecule has 0 saturated heterocycles. The van der Waals surface area contributed by atoms with E-state index in [0.717, 1.165) is 29.8 Å². The first kappa shape index (κ1) is 11.4. The van der Waals surface area contributed by atoms with Crippen molar-refractivity contribution in [2.45, 2.75) is 46.0 Å². The van der Waals surface area contributed by atoms with Crippen molar-refractivity contribution in [2.24, 2.45) is 13.0 Å². The van der Waals surface area contributed by atoms with Crippen LogP contribution in [0.2, 0.25) is 0 Å². The topological polar surface area (TPSA) is 34.9 Å². The lowest BCUT2D eigenvalue weighted by atomic mass is 9.83. The van der Waals surface area contributed by atoms with Gasteiger partial charge in [0.25, 0.3) is 0 Å². The Labute approximate surface area is 96.8 Å². The third-order valence-electron chi connectivity index (χ3n) is 3.73. The molecule has 1 saturated carbocycles. The molecule has 2 rings (SSSR count). The van der Waals surface area contributed by atoms with Crippen LogP contribution in [-0.4, -0.2) is 15.6 Å². The summed E-state index contributed by atoms with van der Waals surface area (Å²) in [6, 6.07) is 0. The molecule has 0 N–H and O–H groups in total. The molecular formula is C13H20N2O. The molecule has 0 radical (unpaired) electrons. The molecule has 0 amide bonds. The molecule has 0 aliphatic heterocycles. The average molecular weight is 220 g/mol. The fourth-order valence-electron chi connectivity index (χ4n) is 2.70. The fraction of sp³-hybridized carbons (Fsp3) is 0.692. The van der Waals surface area contributed by atoms with Crippen molar-refractivity contribution in [1.82, 2.24) is 9.78 Å². The van der Waals surface area contributed by atoms with Crippen molar-refractivity contribution >= 4 is 5.78 Å². The van der Waals surface area contributed by atoms with Crippen molar-refractivity contribution < 1.29 is 4.79 Å². The van der Waals surface area contributed by atoms with Crippen molar-refractivity contribution in [3.8, 4) is 0 Å². The van der Waals surface area contributed by atoms with Gasteiger partial charge in [-0.05, 0) is 26.7 Å². The summed E-state index contributed by atoms with van der Waals surface area (Å²) >= 11 is 0. The quantitative estimate of drug-likeness (QED) is 0.718. The minimum absolute atomic E-state index is 0.246. The number of nitrogens with zero attached hydrogens (tertiary/aromatic N) is 2. The van der Waals surface area contributed by atoms with E-state index in [1.807, 2.05) is 25.6 Å². The second-order valence-electron chi connectivity index (χ2n) is 4.87. The van der Waals surface area contributed by atoms with Crippen molar-refractivity contribution in [2.75, 3.05) is 0 Å². The maximum atomic E-state index is 12.4. The number of aryl methyl sites for hydroxylation is 2. The largest absolute Gasteiger partial charge is 0.294 e. The minimum atomic E-state index is 0.246. The zero-order valence-electron chi connectivity index (χ0n) is 10.4. The summed E-state index contributed by atoms with van der Waals surface area (Å²) in [6.07, 6.45) is 5.82. The van der Waals surface area contributed by atoms with Crippen molar-refractivity contribution in [3.05, 3.63) is 17.0 Å². The molecule has 1 aromatic rings. The highest BCUT2D eigenvalue weighted by Gasteiger charge is 2.26. The van der Waals surface area contributed by atoms with E-state index in [9.17, 15) is 4.79 Å². The first-order chi connectivity index (χ1) is 7.61. The van der Waals surface area contributed by atoms with Gasteiger partial charge >= 0.3 is 0 Å². The van der Waals surface area contributed by atoms with Crippen molar-refractivity contribution in [3.63, 3.8) is 0 Å². The normalized spacial score (nSPS) is 17.7. The highest BCUT2D eigenvalue weighted by molar-refractivity contribution is 5.99. The van der Waals surface area contributed by atoms with Crippen molar-refractivity contribution in [1.29, 1.82) is 0 Å². The number of Topliss-reactive ketones (excluding diaryl/α,β-unsaturated/α-hetero) is 1. The minimum Gasteiger partial charge on any atom is -0.294 e. The third-order valence-corrected chi connectivity index (χ3v) is 3.73. The maximum absolute atomic E-state index is 12.4. The molecule has 0 unspecified atom stereocenters. The van der Waals surface area contributed by atoms with Gasteiger partial charge in [0.2, 0.25) is 0 Å². The van der Waals surface area contributed by atoms with Gasteiger partial charge in [0.05, 0.1) is 11.3 Å². The first-order valence-corrected chi connectivity index (χ1v) is 6.15. The molecule has 1 aliphatic carbocycles. The molecule has 0 atom stereocenters. The van der Waals surface area contributed by atoms with Gasteiger partial charge in [-0.15, -0.1) is 0 Å². The summed E-state index contributed by atoms with van der Waals surface area (Å²) in [6.45, 7) is 3.92. The number of carbonyl (C=O) groups is 1. The Morgan fingerprint density at radius 2 is 1.88 bits per heavy atom. The van der Waals surface area contributed by atoms with E-state index < -0.39 is 0 Å². The number of ketones is 1. The molecule has 1 heterocycles. The fourth-order valence-corrected chi connectivity index (χ4v) is 2.70. The smallest absolute Gasteiger partial charge is 0.169 e. The lowest BCUT2D eigenvalue weighted by Crippen LogP contribution is -2.19. The summed E-state index contributed by atoms with van der Waals surface area (Å²) in [5, 5.41) is 4.32. The lowest BCUT2D eigenvalue weighted by Gasteiger charge is -2.20. The summed E-state index contributed by atoms with van der Waals surface area (Å²) < 4.78 is 1.81. The van der Waals surface area contributed by atoms with Crippen LogP contribution in [0, 0.1) is 19.8 Å². The summed E-state index contributed by atoms with van der Waals surface area (Å²) in [5.41, 5.74) is 2.76. The van der Waals surface area contributed by atoms with Gasteiger partial charge in [-0.25, -0.2) is 0 Å². The van der Waals surface area contributed by atoms with E-state index in [1.54, 1.807) is 0 Å². The first-order valence-electron chi connectivity index (χ1n) is 6.15. The Kier molecular flexibility index (Phi) is 3.13. The molecule has 1 aromatic heterocycles. The predicted molar refractivity (Wildman–Crippen MR) is 63.6 cm³/mol. The summed E-state index contributed by atoms with van der Waals surface area (Å²) in [7, 11) is 1.90. The van der Waals surface area contributed by atoms with Crippen LogP contribution >= 0.6 is 0 Å². The molecule has 0 spiro atoms. The van der Waals surface area contributed by atoms with Gasteiger partial charge in [0.15, 0.2) is 5.78 Å². The van der Waals surface area contributed by atoms with Gasteiger partial charge in [-0.3, -0.25) is 9.48 Å². The third kappa shape index (κ3) is 1.91. The molecule has 1 fully saturated rings. The molecule has 0 bridgehead atoms.